The molecule has 24 heavy (non-hydrogen) atoms. The van der Waals surface area contributed by atoms with Crippen molar-refractivity contribution in [2.75, 3.05) is 27.4 Å². The standard InChI is InChI=1S/C21H22O3/c1-22-16-5-3-15(4-6-16)19-14-21(9-11-24-12-10-21)20-13-17(23-2)7-8-18(19)20/h3-8,13-14H,9-12H2,1-2H3. The number of allylic oxidation sites excluding steroid dienone is 1. The summed E-state index contributed by atoms with van der Waals surface area (Å²) >= 11 is 0. The Labute approximate surface area is 142 Å². The van der Waals surface area contributed by atoms with Gasteiger partial charge in [0.1, 0.15) is 11.5 Å². The monoisotopic (exact) mass is 322 g/mol. The Bertz CT molecular complexity index is 768. The lowest BCUT2D eigenvalue weighted by Gasteiger charge is -2.33. The van der Waals surface area contributed by atoms with Crippen LogP contribution in [-0.4, -0.2) is 27.4 Å². The number of ether oxygens (including phenoxy) is 3. The van der Waals surface area contributed by atoms with Crippen molar-refractivity contribution in [3.63, 3.8) is 0 Å². The normalized spacial score (nSPS) is 18.2. The van der Waals surface area contributed by atoms with Crippen LogP contribution in [0.25, 0.3) is 5.57 Å². The molecule has 1 aliphatic carbocycles. The molecule has 3 heteroatoms. The molecule has 1 fully saturated rings. The first-order chi connectivity index (χ1) is 11.8. The number of fused-ring (bicyclic) bond motifs is 2. The zero-order valence-electron chi connectivity index (χ0n) is 14.2. The fraction of sp³-hybridized carbons (Fsp3) is 0.333. The lowest BCUT2D eigenvalue weighted by atomic mass is 9.76. The van der Waals surface area contributed by atoms with Crippen molar-refractivity contribution in [2.24, 2.45) is 0 Å². The maximum Gasteiger partial charge on any atom is 0.119 e. The van der Waals surface area contributed by atoms with Crippen molar-refractivity contribution < 1.29 is 14.2 Å². The van der Waals surface area contributed by atoms with E-state index in [4.69, 9.17) is 14.2 Å². The van der Waals surface area contributed by atoms with Gasteiger partial charge in [-0.3, -0.25) is 0 Å². The van der Waals surface area contributed by atoms with E-state index in [-0.39, 0.29) is 5.41 Å². The molecule has 0 N–H and O–H groups in total. The smallest absolute Gasteiger partial charge is 0.119 e. The third-order valence-corrected chi connectivity index (χ3v) is 5.26. The summed E-state index contributed by atoms with van der Waals surface area (Å²) in [5.41, 5.74) is 5.28. The van der Waals surface area contributed by atoms with Gasteiger partial charge in [-0.1, -0.05) is 24.3 Å². The van der Waals surface area contributed by atoms with Gasteiger partial charge in [0.15, 0.2) is 0 Å². The molecule has 2 aromatic carbocycles. The van der Waals surface area contributed by atoms with Crippen LogP contribution in [0, 0.1) is 0 Å². The van der Waals surface area contributed by atoms with Crippen LogP contribution in [0.5, 0.6) is 11.5 Å². The summed E-state index contributed by atoms with van der Waals surface area (Å²) in [6.45, 7) is 1.62. The SMILES string of the molecule is COc1ccc(C2=CC3(CCOCC3)c3cc(OC)ccc32)cc1. The minimum absolute atomic E-state index is 0.0668. The molecule has 0 atom stereocenters. The average molecular weight is 322 g/mol. The highest BCUT2D eigenvalue weighted by atomic mass is 16.5. The van der Waals surface area contributed by atoms with Gasteiger partial charge in [0.05, 0.1) is 14.2 Å². The van der Waals surface area contributed by atoms with Crippen molar-refractivity contribution in [1.82, 2.24) is 0 Å². The van der Waals surface area contributed by atoms with E-state index < -0.39 is 0 Å². The van der Waals surface area contributed by atoms with Gasteiger partial charge in [-0.2, -0.15) is 0 Å². The van der Waals surface area contributed by atoms with E-state index >= 15 is 0 Å². The first kappa shape index (κ1) is 15.3. The van der Waals surface area contributed by atoms with Crippen molar-refractivity contribution in [3.8, 4) is 11.5 Å². The van der Waals surface area contributed by atoms with Crippen LogP contribution in [-0.2, 0) is 10.2 Å². The molecule has 2 aromatic rings. The van der Waals surface area contributed by atoms with Gasteiger partial charge in [-0.25, -0.2) is 0 Å². The Morgan fingerprint density at radius 1 is 0.875 bits per heavy atom. The number of hydrogen-bond acceptors (Lipinski definition) is 3. The Hall–Kier alpha value is -2.26. The van der Waals surface area contributed by atoms with Crippen LogP contribution < -0.4 is 9.47 Å². The zero-order chi connectivity index (χ0) is 16.6. The van der Waals surface area contributed by atoms with Crippen LogP contribution in [0.15, 0.2) is 48.5 Å². The van der Waals surface area contributed by atoms with Crippen LogP contribution >= 0.6 is 0 Å². The highest BCUT2D eigenvalue weighted by Gasteiger charge is 2.40. The highest BCUT2D eigenvalue weighted by molar-refractivity contribution is 5.87. The molecular formula is C21H22O3. The largest absolute Gasteiger partial charge is 0.497 e. The van der Waals surface area contributed by atoms with E-state index in [0.717, 1.165) is 37.6 Å². The lowest BCUT2D eigenvalue weighted by molar-refractivity contribution is 0.0662. The van der Waals surface area contributed by atoms with Gasteiger partial charge in [0.25, 0.3) is 0 Å². The average Bonchev–Trinajstić information content (AvgIpc) is 2.96. The van der Waals surface area contributed by atoms with Crippen LogP contribution in [0.2, 0.25) is 0 Å². The number of benzene rings is 2. The van der Waals surface area contributed by atoms with E-state index in [2.05, 4.69) is 36.4 Å². The van der Waals surface area contributed by atoms with E-state index in [1.807, 2.05) is 12.1 Å². The van der Waals surface area contributed by atoms with Crippen molar-refractivity contribution >= 4 is 5.57 Å². The molecule has 0 amide bonds. The molecule has 1 aliphatic heterocycles. The van der Waals surface area contributed by atoms with Gasteiger partial charge in [-0.15, -0.1) is 0 Å². The molecule has 1 saturated heterocycles. The van der Waals surface area contributed by atoms with Gasteiger partial charge < -0.3 is 14.2 Å². The summed E-state index contributed by atoms with van der Waals surface area (Å²) in [7, 11) is 3.42. The number of rotatable bonds is 3. The molecule has 2 aliphatic rings. The maximum absolute atomic E-state index is 5.62. The van der Waals surface area contributed by atoms with Gasteiger partial charge >= 0.3 is 0 Å². The molecule has 0 saturated carbocycles. The predicted octanol–water partition coefficient (Wildman–Crippen LogP) is 4.20. The molecule has 4 rings (SSSR count). The number of methoxy groups -OCH3 is 2. The van der Waals surface area contributed by atoms with Crippen molar-refractivity contribution in [2.45, 2.75) is 18.3 Å². The summed E-state index contributed by atoms with van der Waals surface area (Å²) in [6, 6.07) is 14.8. The molecule has 124 valence electrons. The Kier molecular flexibility index (Phi) is 3.81. The van der Waals surface area contributed by atoms with Gasteiger partial charge in [0.2, 0.25) is 0 Å². The second kappa shape index (κ2) is 5.99. The van der Waals surface area contributed by atoms with Gasteiger partial charge in [-0.05, 0) is 59.4 Å². The van der Waals surface area contributed by atoms with Crippen LogP contribution in [0.1, 0.15) is 29.5 Å². The summed E-state index contributed by atoms with van der Waals surface area (Å²) < 4.78 is 16.4. The fourth-order valence-corrected chi connectivity index (χ4v) is 3.89. The maximum atomic E-state index is 5.62. The van der Waals surface area contributed by atoms with E-state index in [0.29, 0.717) is 0 Å². The Balaban J connectivity index is 1.83. The molecule has 0 bridgehead atoms. The lowest BCUT2D eigenvalue weighted by Crippen LogP contribution is -2.30. The summed E-state index contributed by atoms with van der Waals surface area (Å²) in [5, 5.41) is 0. The van der Waals surface area contributed by atoms with Crippen LogP contribution in [0.3, 0.4) is 0 Å². The minimum atomic E-state index is 0.0668. The molecule has 0 aromatic heterocycles. The molecule has 0 radical (unpaired) electrons. The summed E-state index contributed by atoms with van der Waals surface area (Å²) in [5.74, 6) is 1.80. The van der Waals surface area contributed by atoms with Crippen molar-refractivity contribution in [3.05, 3.63) is 65.2 Å². The quantitative estimate of drug-likeness (QED) is 0.848. The fourth-order valence-electron chi connectivity index (χ4n) is 3.89. The zero-order valence-corrected chi connectivity index (χ0v) is 14.2. The van der Waals surface area contributed by atoms with Gasteiger partial charge in [0, 0.05) is 18.6 Å². The topological polar surface area (TPSA) is 27.7 Å². The first-order valence-corrected chi connectivity index (χ1v) is 8.40. The molecule has 1 spiro atoms. The van der Waals surface area contributed by atoms with E-state index in [1.54, 1.807) is 14.2 Å². The van der Waals surface area contributed by atoms with E-state index in [9.17, 15) is 0 Å². The second-order valence-electron chi connectivity index (χ2n) is 6.47. The molecular weight excluding hydrogens is 300 g/mol. The molecule has 1 heterocycles. The highest BCUT2D eigenvalue weighted by Crippen LogP contribution is 2.49. The summed E-state index contributed by atoms with van der Waals surface area (Å²) in [4.78, 5) is 0. The first-order valence-electron chi connectivity index (χ1n) is 8.40. The Morgan fingerprint density at radius 3 is 2.21 bits per heavy atom. The van der Waals surface area contributed by atoms with Crippen molar-refractivity contribution in [1.29, 1.82) is 0 Å². The third kappa shape index (κ3) is 2.40. The number of hydrogen-bond donors (Lipinski definition) is 0. The molecule has 3 nitrogen and oxygen atoms in total. The third-order valence-electron chi connectivity index (χ3n) is 5.26. The second-order valence-corrected chi connectivity index (χ2v) is 6.47. The predicted molar refractivity (Wildman–Crippen MR) is 94.8 cm³/mol. The summed E-state index contributed by atoms with van der Waals surface area (Å²) in [6.07, 6.45) is 4.49. The molecule has 0 unspecified atom stereocenters. The Morgan fingerprint density at radius 2 is 1.54 bits per heavy atom. The van der Waals surface area contributed by atoms with Crippen LogP contribution in [0.4, 0.5) is 0 Å². The van der Waals surface area contributed by atoms with E-state index in [1.165, 1.54) is 22.3 Å². The minimum Gasteiger partial charge on any atom is -0.497 e.